The molecule has 0 unspecified atom stereocenters. The molecule has 0 atom stereocenters. The van der Waals surface area contributed by atoms with Crippen LogP contribution in [0.3, 0.4) is 0 Å². The lowest BCUT2D eigenvalue weighted by atomic mass is 10.8. The fraction of sp³-hybridized carbons (Fsp3) is 0.250. The van der Waals surface area contributed by atoms with Gasteiger partial charge in [0.25, 0.3) is 0 Å². The lowest BCUT2D eigenvalue weighted by Gasteiger charge is -1.85. The molecule has 0 saturated carbocycles. The van der Waals surface area contributed by atoms with Crippen LogP contribution in [0, 0.1) is 0 Å². The molecule has 0 aromatic carbocycles. The van der Waals surface area contributed by atoms with Gasteiger partial charge in [0.15, 0.2) is 0 Å². The predicted octanol–water partition coefficient (Wildman–Crippen LogP) is 1.12. The van der Waals surface area contributed by atoms with Crippen LogP contribution in [0.2, 0.25) is 0 Å². The van der Waals surface area contributed by atoms with Crippen molar-refractivity contribution in [1.82, 2.24) is 7.76 Å². The van der Waals surface area contributed by atoms with Gasteiger partial charge in [-0.3, -0.25) is 2.78 Å². The lowest BCUT2D eigenvalue weighted by Crippen LogP contribution is -1.85. The Balaban J connectivity index is 2.84. The summed E-state index contributed by atoms with van der Waals surface area (Å²) in [5, 5.41) is 2.91. The number of halogens is 1. The summed E-state index contributed by atoms with van der Waals surface area (Å²) in [4.78, 5) is 3.98. The second-order valence-electron chi connectivity index (χ2n) is 1.35. The molecule has 0 fully saturated rings. The second-order valence-corrected chi connectivity index (χ2v) is 2.47. The Bertz CT molecular complexity index is 172. The largest absolute Gasteiger partial charge is 0.372 e. The summed E-state index contributed by atoms with van der Waals surface area (Å²) in [5.41, 5.74) is 0. The van der Waals surface area contributed by atoms with E-state index in [1.165, 1.54) is 0 Å². The van der Waals surface area contributed by atoms with Crippen molar-refractivity contribution >= 4 is 28.7 Å². The van der Waals surface area contributed by atoms with Crippen molar-refractivity contribution < 1.29 is 0 Å². The van der Waals surface area contributed by atoms with Gasteiger partial charge >= 0.3 is 0 Å². The number of imidazole rings is 1. The van der Waals surface area contributed by atoms with E-state index in [0.717, 1.165) is 5.82 Å². The van der Waals surface area contributed by atoms with E-state index in [1.54, 1.807) is 6.33 Å². The summed E-state index contributed by atoms with van der Waals surface area (Å²) >= 11 is 2.14. The second kappa shape index (κ2) is 2.34. The highest BCUT2D eigenvalue weighted by Gasteiger charge is 1.88. The Hall–Kier alpha value is -0.260. The van der Waals surface area contributed by atoms with Crippen LogP contribution in [0.5, 0.6) is 0 Å². The summed E-state index contributed by atoms with van der Waals surface area (Å²) < 4.78 is 1.86. The van der Waals surface area contributed by atoms with Gasteiger partial charge in [0.2, 0.25) is 0 Å². The minimum absolute atomic E-state index is 0.902. The quantitative estimate of drug-likeness (QED) is 0.723. The summed E-state index contributed by atoms with van der Waals surface area (Å²) in [6.07, 6.45) is 3.65. The molecule has 0 spiro atoms. The first-order valence-corrected chi connectivity index (χ1v) is 3.17. The monoisotopic (exact) mass is 223 g/mol. The Labute approximate surface area is 61.6 Å². The van der Waals surface area contributed by atoms with Gasteiger partial charge in [-0.25, -0.2) is 4.98 Å². The van der Waals surface area contributed by atoms with Gasteiger partial charge in [0, 0.05) is 7.05 Å². The van der Waals surface area contributed by atoms with Crippen LogP contribution in [0.25, 0.3) is 0 Å². The number of aromatic nitrogens is 2. The van der Waals surface area contributed by atoms with Gasteiger partial charge in [-0.15, -0.1) is 0 Å². The van der Waals surface area contributed by atoms with Gasteiger partial charge in [-0.1, -0.05) is 0 Å². The third-order valence-electron chi connectivity index (χ3n) is 0.809. The standard InChI is InChI=1S/C4H6IN3/c1-6-4-2-8(5)3-7-4/h2-3,6H,1H3. The summed E-state index contributed by atoms with van der Waals surface area (Å²) in [7, 11) is 1.85. The fourth-order valence-corrected chi connectivity index (χ4v) is 0.818. The average molecular weight is 223 g/mol. The first kappa shape index (κ1) is 5.87. The van der Waals surface area contributed by atoms with E-state index < -0.39 is 0 Å². The molecule has 0 aliphatic carbocycles. The maximum atomic E-state index is 3.98. The highest BCUT2D eigenvalue weighted by atomic mass is 127. The number of anilines is 1. The fourth-order valence-electron chi connectivity index (χ4n) is 0.430. The smallest absolute Gasteiger partial charge is 0.144 e. The normalized spacial score (nSPS) is 9.25. The molecule has 0 aliphatic heterocycles. The summed E-state index contributed by atoms with van der Waals surface area (Å²) in [6, 6.07) is 0. The first-order chi connectivity index (χ1) is 3.83. The van der Waals surface area contributed by atoms with Crippen molar-refractivity contribution in [3.63, 3.8) is 0 Å². The maximum absolute atomic E-state index is 3.98. The zero-order chi connectivity index (χ0) is 5.98. The van der Waals surface area contributed by atoms with Gasteiger partial charge < -0.3 is 5.32 Å². The third-order valence-corrected chi connectivity index (χ3v) is 1.34. The van der Waals surface area contributed by atoms with E-state index in [2.05, 4.69) is 33.2 Å². The van der Waals surface area contributed by atoms with E-state index in [-0.39, 0.29) is 0 Å². The summed E-state index contributed by atoms with van der Waals surface area (Å²) in [5.74, 6) is 0.902. The molecule has 1 aromatic rings. The van der Waals surface area contributed by atoms with Gasteiger partial charge in [-0.2, -0.15) is 0 Å². The highest BCUT2D eigenvalue weighted by molar-refractivity contribution is 14.1. The zero-order valence-corrected chi connectivity index (χ0v) is 6.58. The number of hydrogen-bond acceptors (Lipinski definition) is 2. The van der Waals surface area contributed by atoms with E-state index in [4.69, 9.17) is 0 Å². The van der Waals surface area contributed by atoms with Crippen molar-refractivity contribution in [1.29, 1.82) is 0 Å². The molecule has 1 heterocycles. The molecule has 1 aromatic heterocycles. The summed E-state index contributed by atoms with van der Waals surface area (Å²) in [6.45, 7) is 0. The number of rotatable bonds is 1. The Kier molecular flexibility index (Phi) is 1.72. The highest BCUT2D eigenvalue weighted by Crippen LogP contribution is 2.02. The van der Waals surface area contributed by atoms with Crippen LogP contribution in [-0.2, 0) is 0 Å². The topological polar surface area (TPSA) is 29.9 Å². The molecular formula is C4H6IN3. The number of nitrogens with one attached hydrogen (secondary N) is 1. The molecule has 4 heteroatoms. The number of hydrogen-bond donors (Lipinski definition) is 1. The van der Waals surface area contributed by atoms with Crippen molar-refractivity contribution in [3.05, 3.63) is 12.5 Å². The SMILES string of the molecule is CNc1cn(I)cn1. The number of nitrogens with zero attached hydrogens (tertiary/aromatic N) is 2. The lowest BCUT2D eigenvalue weighted by molar-refractivity contribution is 1.28. The molecule has 0 amide bonds. The molecule has 1 rings (SSSR count). The van der Waals surface area contributed by atoms with E-state index in [0.29, 0.717) is 0 Å². The van der Waals surface area contributed by atoms with E-state index in [1.807, 2.05) is 16.0 Å². The average Bonchev–Trinajstić information content (AvgIpc) is 2.14. The molecule has 1 N–H and O–H groups in total. The Morgan fingerprint density at radius 3 is 2.88 bits per heavy atom. The molecule has 0 saturated heterocycles. The van der Waals surface area contributed by atoms with Crippen LogP contribution in [-0.4, -0.2) is 14.8 Å². The minimum atomic E-state index is 0.902. The molecular weight excluding hydrogens is 217 g/mol. The first-order valence-electron chi connectivity index (χ1n) is 2.21. The third kappa shape index (κ3) is 1.12. The van der Waals surface area contributed by atoms with Crippen LogP contribution in [0.1, 0.15) is 0 Å². The van der Waals surface area contributed by atoms with Gasteiger partial charge in [0.05, 0.1) is 29.1 Å². The van der Waals surface area contributed by atoms with Crippen molar-refractivity contribution in [2.24, 2.45) is 0 Å². The van der Waals surface area contributed by atoms with Crippen molar-refractivity contribution in [2.75, 3.05) is 12.4 Å². The minimum Gasteiger partial charge on any atom is -0.372 e. The van der Waals surface area contributed by atoms with Gasteiger partial charge in [0.1, 0.15) is 12.1 Å². The Morgan fingerprint density at radius 2 is 2.62 bits per heavy atom. The van der Waals surface area contributed by atoms with E-state index in [9.17, 15) is 0 Å². The van der Waals surface area contributed by atoms with Gasteiger partial charge in [-0.05, 0) is 0 Å². The molecule has 44 valence electrons. The predicted molar refractivity (Wildman–Crippen MR) is 41.2 cm³/mol. The molecule has 0 aliphatic rings. The molecule has 8 heavy (non-hydrogen) atoms. The maximum Gasteiger partial charge on any atom is 0.144 e. The molecule has 0 radical (unpaired) electrons. The molecule has 3 nitrogen and oxygen atoms in total. The zero-order valence-electron chi connectivity index (χ0n) is 4.43. The van der Waals surface area contributed by atoms with Crippen molar-refractivity contribution in [3.8, 4) is 0 Å². The Morgan fingerprint density at radius 1 is 1.88 bits per heavy atom. The van der Waals surface area contributed by atoms with Crippen LogP contribution >= 0.6 is 22.9 Å². The molecule has 0 bridgehead atoms. The van der Waals surface area contributed by atoms with E-state index >= 15 is 0 Å². The van der Waals surface area contributed by atoms with Crippen LogP contribution in [0.15, 0.2) is 12.5 Å². The van der Waals surface area contributed by atoms with Crippen LogP contribution < -0.4 is 5.32 Å². The van der Waals surface area contributed by atoms with Crippen LogP contribution in [0.4, 0.5) is 5.82 Å². The van der Waals surface area contributed by atoms with Crippen molar-refractivity contribution in [2.45, 2.75) is 0 Å².